The minimum Gasteiger partial charge on any atom is -0.477 e. The van der Waals surface area contributed by atoms with Crippen molar-refractivity contribution in [1.82, 2.24) is 4.98 Å². The van der Waals surface area contributed by atoms with E-state index in [-0.39, 0.29) is 44.8 Å². The van der Waals surface area contributed by atoms with E-state index >= 15 is 0 Å². The Morgan fingerprint density at radius 1 is 1.35 bits per heavy atom. The average Bonchev–Trinajstić information content (AvgIpc) is 2.69. The van der Waals surface area contributed by atoms with Crippen molar-refractivity contribution in [3.8, 4) is 0 Å². The molecule has 1 radical (unpaired) electrons. The van der Waals surface area contributed by atoms with Crippen molar-refractivity contribution in [3.63, 3.8) is 0 Å². The van der Waals surface area contributed by atoms with Gasteiger partial charge in [-0.05, 0) is 11.6 Å². The molecule has 0 spiro atoms. The summed E-state index contributed by atoms with van der Waals surface area (Å²) in [5.74, 6) is -1.22. The molecule has 3 N–H and O–H groups in total. The van der Waals surface area contributed by atoms with Gasteiger partial charge in [0, 0.05) is 56.2 Å². The second-order valence-corrected chi connectivity index (χ2v) is 3.39. The molecule has 0 aliphatic rings. The van der Waals surface area contributed by atoms with Crippen molar-refractivity contribution < 1.29 is 47.8 Å². The summed E-state index contributed by atoms with van der Waals surface area (Å²) in [5.41, 5.74) is 1.45. The minimum absolute atomic E-state index is 0. The zero-order chi connectivity index (χ0) is 11.5. The molecule has 0 fully saturated rings. The standard InChI is InChI=1S/C11H10N2O3.Y/c14-11(15)10(13-16)5-7-6-12-9-4-2-1-3-8(7)9;/h1-4,6,12,16H,5H2,(H,14,15);/b13-10+;. The number of carboxylic acid groups (broad SMARTS) is 1. The molecule has 2 aromatic rings. The molecule has 17 heavy (non-hydrogen) atoms. The molecule has 0 aliphatic heterocycles. The molecular weight excluding hydrogens is 297 g/mol. The van der Waals surface area contributed by atoms with Crippen molar-refractivity contribution in [2.45, 2.75) is 6.42 Å². The van der Waals surface area contributed by atoms with Gasteiger partial charge >= 0.3 is 5.97 Å². The molecule has 6 heteroatoms. The van der Waals surface area contributed by atoms with Gasteiger partial charge in [0.2, 0.25) is 0 Å². The Kier molecular flexibility index (Phi) is 4.84. The summed E-state index contributed by atoms with van der Waals surface area (Å²) in [4.78, 5) is 13.7. The number of H-pyrrole nitrogens is 1. The molecule has 0 bridgehead atoms. The first-order valence-corrected chi connectivity index (χ1v) is 4.71. The van der Waals surface area contributed by atoms with Gasteiger partial charge in [-0.15, -0.1) is 0 Å². The number of fused-ring (bicyclic) bond motifs is 1. The summed E-state index contributed by atoms with van der Waals surface area (Å²) in [6, 6.07) is 7.55. The number of nitrogens with one attached hydrogen (secondary N) is 1. The third-order valence-corrected chi connectivity index (χ3v) is 2.40. The van der Waals surface area contributed by atoms with Gasteiger partial charge in [-0.3, -0.25) is 0 Å². The molecule has 0 unspecified atom stereocenters. The monoisotopic (exact) mass is 307 g/mol. The summed E-state index contributed by atoms with van der Waals surface area (Å²) in [7, 11) is 0. The molecule has 5 nitrogen and oxygen atoms in total. The number of aromatic amines is 1. The van der Waals surface area contributed by atoms with Gasteiger partial charge in [-0.1, -0.05) is 23.4 Å². The van der Waals surface area contributed by atoms with Crippen molar-refractivity contribution in [2.24, 2.45) is 5.16 Å². The zero-order valence-electron chi connectivity index (χ0n) is 8.92. The van der Waals surface area contributed by atoms with Gasteiger partial charge in [0.1, 0.15) is 0 Å². The van der Waals surface area contributed by atoms with Crippen molar-refractivity contribution in [3.05, 3.63) is 36.0 Å². The number of aliphatic carboxylic acids is 1. The summed E-state index contributed by atoms with van der Waals surface area (Å²) >= 11 is 0. The number of nitrogens with zero attached hydrogens (tertiary/aromatic N) is 1. The molecule has 0 amide bonds. The van der Waals surface area contributed by atoms with E-state index in [0.717, 1.165) is 16.5 Å². The Bertz CT molecular complexity index is 563. The summed E-state index contributed by atoms with van der Waals surface area (Å²) in [6.07, 6.45) is 1.81. The van der Waals surface area contributed by atoms with Crippen LogP contribution in [0.3, 0.4) is 0 Å². The van der Waals surface area contributed by atoms with Crippen LogP contribution in [0.5, 0.6) is 0 Å². The molecule has 85 valence electrons. The summed E-state index contributed by atoms with van der Waals surface area (Å²) in [5, 5.41) is 21.0. The van der Waals surface area contributed by atoms with E-state index in [1.165, 1.54) is 0 Å². The van der Waals surface area contributed by atoms with Crippen molar-refractivity contribution >= 4 is 22.6 Å². The molecular formula is C11H10N2O3Y. The van der Waals surface area contributed by atoms with E-state index < -0.39 is 5.97 Å². The first kappa shape index (κ1) is 13.9. The van der Waals surface area contributed by atoms with Crippen LogP contribution in [0.2, 0.25) is 0 Å². The number of carbonyl (C=O) groups is 1. The second-order valence-electron chi connectivity index (χ2n) is 3.39. The number of oxime groups is 1. The zero-order valence-corrected chi connectivity index (χ0v) is 11.8. The molecule has 1 aromatic carbocycles. The fourth-order valence-corrected chi connectivity index (χ4v) is 1.61. The Morgan fingerprint density at radius 2 is 2.06 bits per heavy atom. The van der Waals surface area contributed by atoms with Crippen molar-refractivity contribution in [1.29, 1.82) is 0 Å². The van der Waals surface area contributed by atoms with Crippen LogP contribution in [-0.2, 0) is 43.9 Å². The number of hydrogen-bond acceptors (Lipinski definition) is 3. The van der Waals surface area contributed by atoms with Gasteiger partial charge < -0.3 is 15.3 Å². The van der Waals surface area contributed by atoms with E-state index in [0.29, 0.717) is 0 Å². The largest absolute Gasteiger partial charge is 0.477 e. The first-order valence-electron chi connectivity index (χ1n) is 4.71. The molecule has 2 rings (SSSR count). The third kappa shape index (κ3) is 2.93. The molecule has 0 aliphatic carbocycles. The number of rotatable bonds is 3. The quantitative estimate of drug-likeness (QED) is 0.457. The SMILES string of the molecule is O=C(O)/C(Cc1c[nH]c2ccccc12)=N/O.[Y]. The van der Waals surface area contributed by atoms with E-state index in [4.69, 9.17) is 10.3 Å². The van der Waals surface area contributed by atoms with E-state index in [1.807, 2.05) is 24.3 Å². The van der Waals surface area contributed by atoms with Gasteiger partial charge in [-0.2, -0.15) is 0 Å². The smallest absolute Gasteiger partial charge is 0.354 e. The normalized spacial score (nSPS) is 11.2. The maximum Gasteiger partial charge on any atom is 0.354 e. The topological polar surface area (TPSA) is 85.7 Å². The van der Waals surface area contributed by atoms with Gasteiger partial charge in [-0.25, -0.2) is 4.79 Å². The third-order valence-electron chi connectivity index (χ3n) is 2.40. The predicted octanol–water partition coefficient (Wildman–Crippen LogP) is 1.62. The maximum atomic E-state index is 10.7. The fraction of sp³-hybridized carbons (Fsp3) is 0.0909. The van der Waals surface area contributed by atoms with Crippen LogP contribution in [0.4, 0.5) is 0 Å². The predicted molar refractivity (Wildman–Crippen MR) is 58.9 cm³/mol. The molecule has 0 saturated carbocycles. The number of para-hydroxylation sites is 1. The van der Waals surface area contributed by atoms with Crippen LogP contribution in [0.1, 0.15) is 5.56 Å². The Morgan fingerprint density at radius 3 is 2.71 bits per heavy atom. The number of aromatic nitrogens is 1. The minimum atomic E-state index is -1.22. The van der Waals surface area contributed by atoms with Crippen molar-refractivity contribution in [2.75, 3.05) is 0 Å². The number of benzene rings is 1. The second kappa shape index (κ2) is 5.93. The molecule has 1 aromatic heterocycles. The Balaban J connectivity index is 0.00000144. The van der Waals surface area contributed by atoms with E-state index in [9.17, 15) is 4.79 Å². The Hall–Kier alpha value is -1.20. The maximum absolute atomic E-state index is 10.7. The summed E-state index contributed by atoms with van der Waals surface area (Å²) in [6.45, 7) is 0. The molecule has 0 atom stereocenters. The van der Waals surface area contributed by atoms with E-state index in [1.54, 1.807) is 6.20 Å². The van der Waals surface area contributed by atoms with Crippen LogP contribution in [0, 0.1) is 0 Å². The van der Waals surface area contributed by atoms with Crippen LogP contribution < -0.4 is 0 Å². The van der Waals surface area contributed by atoms with Crippen LogP contribution in [-0.4, -0.2) is 27.0 Å². The van der Waals surface area contributed by atoms with Gasteiger partial charge in [0.15, 0.2) is 5.71 Å². The molecule has 1 heterocycles. The van der Waals surface area contributed by atoms with Gasteiger partial charge in [0.25, 0.3) is 0 Å². The van der Waals surface area contributed by atoms with Crippen LogP contribution in [0.15, 0.2) is 35.6 Å². The Labute approximate surface area is 122 Å². The number of hydrogen-bond donors (Lipinski definition) is 3. The van der Waals surface area contributed by atoms with Crippen LogP contribution >= 0.6 is 0 Å². The van der Waals surface area contributed by atoms with Crippen LogP contribution in [0.25, 0.3) is 10.9 Å². The molecule has 0 saturated heterocycles. The number of carboxylic acids is 1. The first-order chi connectivity index (χ1) is 7.72. The fourth-order valence-electron chi connectivity index (χ4n) is 1.61. The van der Waals surface area contributed by atoms with Gasteiger partial charge in [0.05, 0.1) is 0 Å². The average molecular weight is 307 g/mol. The van der Waals surface area contributed by atoms with E-state index in [2.05, 4.69) is 10.1 Å². The summed E-state index contributed by atoms with van der Waals surface area (Å²) < 4.78 is 0.